The third kappa shape index (κ3) is 2.05. The Kier molecular flexibility index (Phi) is 3.19. The van der Waals surface area contributed by atoms with E-state index in [9.17, 15) is 14.5 Å². The van der Waals surface area contributed by atoms with Crippen molar-refractivity contribution in [3.63, 3.8) is 0 Å². The van der Waals surface area contributed by atoms with Gasteiger partial charge in [0.2, 0.25) is 0 Å². The number of hydrogen-bond acceptors (Lipinski definition) is 4. The summed E-state index contributed by atoms with van der Waals surface area (Å²) < 4.78 is 15.1. The summed E-state index contributed by atoms with van der Waals surface area (Å²) in [6, 6.07) is -0.460. The molecule has 0 aliphatic carbocycles. The van der Waals surface area contributed by atoms with Gasteiger partial charge in [-0.05, 0) is 19.0 Å². The van der Waals surface area contributed by atoms with Crippen molar-refractivity contribution in [2.45, 2.75) is 18.6 Å². The van der Waals surface area contributed by atoms with Gasteiger partial charge in [0.15, 0.2) is 0 Å². The van der Waals surface area contributed by atoms with Crippen molar-refractivity contribution in [2.75, 3.05) is 13.1 Å². The average molecular weight is 240 g/mol. The van der Waals surface area contributed by atoms with E-state index in [0.717, 1.165) is 6.20 Å². The van der Waals surface area contributed by atoms with Crippen LogP contribution in [-0.4, -0.2) is 34.0 Å². The standard InChI is InChI=1S/C10H13FN4O2/c1-2-8-10(15(16)17)6-13-14(8)9-3-4-12-5-7(9)11/h2,6-7,9,12H,1,3-5H2/t7-,9-/m1/s1. The van der Waals surface area contributed by atoms with Gasteiger partial charge in [0, 0.05) is 6.54 Å². The number of rotatable bonds is 3. The van der Waals surface area contributed by atoms with E-state index in [1.165, 1.54) is 10.8 Å². The monoisotopic (exact) mass is 240 g/mol. The fourth-order valence-corrected chi connectivity index (χ4v) is 2.05. The lowest BCUT2D eigenvalue weighted by Gasteiger charge is -2.27. The molecule has 1 aliphatic rings. The van der Waals surface area contributed by atoms with Crippen LogP contribution in [0.4, 0.5) is 10.1 Å². The number of nitrogens with zero attached hydrogens (tertiary/aromatic N) is 3. The molecule has 0 spiro atoms. The highest BCUT2D eigenvalue weighted by atomic mass is 19.1. The summed E-state index contributed by atoms with van der Waals surface area (Å²) in [7, 11) is 0. The number of hydrogen-bond donors (Lipinski definition) is 1. The van der Waals surface area contributed by atoms with Crippen molar-refractivity contribution >= 4 is 11.8 Å². The molecular weight excluding hydrogens is 227 g/mol. The van der Waals surface area contributed by atoms with E-state index >= 15 is 0 Å². The maximum absolute atomic E-state index is 13.7. The molecule has 1 aliphatic heterocycles. The molecule has 0 amide bonds. The predicted octanol–water partition coefficient (Wildman–Crippen LogP) is 1.31. The Bertz CT molecular complexity index is 446. The number of nitrogens with one attached hydrogen (secondary N) is 1. The number of halogens is 1. The minimum absolute atomic E-state index is 0.134. The van der Waals surface area contributed by atoms with Crippen molar-refractivity contribution in [3.05, 3.63) is 28.6 Å². The normalized spacial score (nSPS) is 24.5. The Labute approximate surface area is 97.3 Å². The fraction of sp³-hybridized carbons (Fsp3) is 0.500. The van der Waals surface area contributed by atoms with E-state index in [1.807, 2.05) is 0 Å². The van der Waals surface area contributed by atoms with Crippen molar-refractivity contribution < 1.29 is 9.31 Å². The van der Waals surface area contributed by atoms with Gasteiger partial charge >= 0.3 is 5.69 Å². The zero-order valence-electron chi connectivity index (χ0n) is 9.17. The van der Waals surface area contributed by atoms with Gasteiger partial charge in [0.1, 0.15) is 18.1 Å². The van der Waals surface area contributed by atoms with Crippen LogP contribution in [-0.2, 0) is 0 Å². The van der Waals surface area contributed by atoms with Crippen molar-refractivity contribution in [3.8, 4) is 0 Å². The van der Waals surface area contributed by atoms with Crippen LogP contribution in [0.25, 0.3) is 6.08 Å². The highest BCUT2D eigenvalue weighted by Crippen LogP contribution is 2.28. The van der Waals surface area contributed by atoms with Crippen LogP contribution < -0.4 is 5.32 Å². The van der Waals surface area contributed by atoms with Crippen LogP contribution in [0.3, 0.4) is 0 Å². The molecule has 0 unspecified atom stereocenters. The Morgan fingerprint density at radius 2 is 2.53 bits per heavy atom. The predicted molar refractivity (Wildman–Crippen MR) is 60.4 cm³/mol. The number of alkyl halides is 1. The first kappa shape index (κ1) is 11.7. The second-order valence-electron chi connectivity index (χ2n) is 3.90. The molecule has 2 atom stereocenters. The van der Waals surface area contributed by atoms with Gasteiger partial charge < -0.3 is 5.32 Å². The van der Waals surface area contributed by atoms with Gasteiger partial charge in [-0.1, -0.05) is 6.58 Å². The Hall–Kier alpha value is -1.76. The van der Waals surface area contributed by atoms with Crippen molar-refractivity contribution in [1.29, 1.82) is 0 Å². The van der Waals surface area contributed by atoms with Crippen LogP contribution in [0.15, 0.2) is 12.8 Å². The molecule has 17 heavy (non-hydrogen) atoms. The fourth-order valence-electron chi connectivity index (χ4n) is 2.05. The number of nitro groups is 1. The lowest BCUT2D eigenvalue weighted by molar-refractivity contribution is -0.385. The van der Waals surface area contributed by atoms with Crippen molar-refractivity contribution in [1.82, 2.24) is 15.1 Å². The molecule has 0 bridgehead atoms. The molecule has 2 rings (SSSR count). The smallest absolute Gasteiger partial charge is 0.314 e. The van der Waals surface area contributed by atoms with Crippen LogP contribution in [0.2, 0.25) is 0 Å². The van der Waals surface area contributed by atoms with Crippen LogP contribution in [0.5, 0.6) is 0 Å². The average Bonchev–Trinajstić information content (AvgIpc) is 2.73. The van der Waals surface area contributed by atoms with Gasteiger partial charge in [-0.25, -0.2) is 4.39 Å². The third-order valence-corrected chi connectivity index (χ3v) is 2.89. The highest BCUT2D eigenvalue weighted by Gasteiger charge is 2.30. The summed E-state index contributed by atoms with van der Waals surface area (Å²) in [5, 5.41) is 17.6. The van der Waals surface area contributed by atoms with E-state index in [2.05, 4.69) is 17.0 Å². The zero-order chi connectivity index (χ0) is 12.4. The van der Waals surface area contributed by atoms with E-state index in [4.69, 9.17) is 0 Å². The topological polar surface area (TPSA) is 73.0 Å². The Morgan fingerprint density at radius 3 is 3.12 bits per heavy atom. The summed E-state index contributed by atoms with van der Waals surface area (Å²) in [5.74, 6) is 0. The van der Waals surface area contributed by atoms with Gasteiger partial charge in [-0.15, -0.1) is 0 Å². The first-order chi connectivity index (χ1) is 8.15. The second-order valence-corrected chi connectivity index (χ2v) is 3.90. The van der Waals surface area contributed by atoms with Gasteiger partial charge in [0.25, 0.3) is 0 Å². The molecule has 7 heteroatoms. The molecule has 1 saturated heterocycles. The molecular formula is C10H13FN4O2. The largest absolute Gasteiger partial charge is 0.314 e. The minimum atomic E-state index is -1.10. The van der Waals surface area contributed by atoms with E-state index in [1.54, 1.807) is 0 Å². The Morgan fingerprint density at radius 1 is 1.76 bits per heavy atom. The number of aromatic nitrogens is 2. The maximum atomic E-state index is 13.7. The lowest BCUT2D eigenvalue weighted by atomic mass is 10.0. The second kappa shape index (κ2) is 4.62. The quantitative estimate of drug-likeness (QED) is 0.638. The van der Waals surface area contributed by atoms with Crippen LogP contribution in [0.1, 0.15) is 18.2 Å². The number of piperidine rings is 1. The first-order valence-corrected chi connectivity index (χ1v) is 5.34. The zero-order valence-corrected chi connectivity index (χ0v) is 9.17. The third-order valence-electron chi connectivity index (χ3n) is 2.89. The maximum Gasteiger partial charge on any atom is 0.314 e. The lowest BCUT2D eigenvalue weighted by Crippen LogP contribution is -2.39. The molecule has 92 valence electrons. The van der Waals surface area contributed by atoms with Gasteiger partial charge in [-0.3, -0.25) is 14.8 Å². The molecule has 1 N–H and O–H groups in total. The summed E-state index contributed by atoms with van der Waals surface area (Å²) in [4.78, 5) is 10.2. The molecule has 6 nitrogen and oxygen atoms in total. The molecule has 2 heterocycles. The van der Waals surface area contributed by atoms with Crippen LogP contribution in [0, 0.1) is 10.1 Å². The summed E-state index contributed by atoms with van der Waals surface area (Å²) in [5.41, 5.74) is 0.135. The summed E-state index contributed by atoms with van der Waals surface area (Å²) in [6.45, 7) is 4.44. The SMILES string of the molecule is C=Cc1c([N+](=O)[O-])cnn1[C@@H]1CCNC[C@H]1F. The molecule has 1 fully saturated rings. The van der Waals surface area contributed by atoms with E-state index < -0.39 is 17.1 Å². The molecule has 1 aromatic rings. The van der Waals surface area contributed by atoms with E-state index in [0.29, 0.717) is 13.0 Å². The van der Waals surface area contributed by atoms with Gasteiger partial charge in [-0.2, -0.15) is 5.10 Å². The van der Waals surface area contributed by atoms with Gasteiger partial charge in [0.05, 0.1) is 11.0 Å². The minimum Gasteiger partial charge on any atom is -0.314 e. The molecule has 0 saturated carbocycles. The molecule has 0 radical (unpaired) electrons. The van der Waals surface area contributed by atoms with Crippen molar-refractivity contribution in [2.24, 2.45) is 0 Å². The first-order valence-electron chi connectivity index (χ1n) is 5.34. The molecule has 1 aromatic heterocycles. The molecule has 0 aromatic carbocycles. The highest BCUT2D eigenvalue weighted by molar-refractivity contribution is 5.55. The Balaban J connectivity index is 2.37. The van der Waals surface area contributed by atoms with E-state index in [-0.39, 0.29) is 17.9 Å². The summed E-state index contributed by atoms with van der Waals surface area (Å²) in [6.07, 6.45) is 1.95. The summed E-state index contributed by atoms with van der Waals surface area (Å²) >= 11 is 0. The van der Waals surface area contributed by atoms with Crippen LogP contribution >= 0.6 is 0 Å².